The van der Waals surface area contributed by atoms with Crippen molar-refractivity contribution in [3.05, 3.63) is 48.0 Å². The van der Waals surface area contributed by atoms with Crippen LogP contribution in [0.4, 0.5) is 10.6 Å². The number of aromatic amines is 1. The molecule has 0 saturated heterocycles. The number of nitrogens with one attached hydrogen (secondary N) is 3. The van der Waals surface area contributed by atoms with Gasteiger partial charge in [-0.05, 0) is 36.6 Å². The minimum atomic E-state index is -0.233. The molecule has 0 radical (unpaired) electrons. The van der Waals surface area contributed by atoms with Gasteiger partial charge in [-0.1, -0.05) is 42.8 Å². The quantitative estimate of drug-likeness (QED) is 0.680. The fourth-order valence-corrected chi connectivity index (χ4v) is 2.43. The lowest BCUT2D eigenvalue weighted by atomic mass is 10.0. The van der Waals surface area contributed by atoms with Crippen LogP contribution in [0.2, 0.25) is 0 Å². The number of rotatable bonds is 4. The van der Waals surface area contributed by atoms with Crippen LogP contribution in [0.3, 0.4) is 0 Å². The van der Waals surface area contributed by atoms with Crippen LogP contribution >= 0.6 is 0 Å². The highest BCUT2D eigenvalue weighted by Gasteiger charge is 2.09. The molecule has 0 aliphatic heterocycles. The number of aryl methyl sites for hydroxylation is 1. The summed E-state index contributed by atoms with van der Waals surface area (Å²) in [5.41, 5.74) is 4.40. The number of anilines is 1. The zero-order valence-corrected chi connectivity index (χ0v) is 13.3. The predicted octanol–water partition coefficient (Wildman–Crippen LogP) is 4.07. The maximum absolute atomic E-state index is 11.8. The summed E-state index contributed by atoms with van der Waals surface area (Å²) in [7, 11) is 0. The maximum Gasteiger partial charge on any atom is 0.320 e. The first kappa shape index (κ1) is 15.1. The van der Waals surface area contributed by atoms with Gasteiger partial charge in [-0.2, -0.15) is 5.10 Å². The zero-order valence-electron chi connectivity index (χ0n) is 13.3. The third kappa shape index (κ3) is 3.34. The SMILES string of the molecule is CCCNC(=O)Nc1n[nH]c2cc(-c3ccc(C)cc3)ccc12. The van der Waals surface area contributed by atoms with Crippen LogP contribution in [0.5, 0.6) is 0 Å². The average Bonchev–Trinajstić information content (AvgIpc) is 2.96. The topological polar surface area (TPSA) is 69.8 Å². The van der Waals surface area contributed by atoms with Crippen LogP contribution in [0.15, 0.2) is 42.5 Å². The summed E-state index contributed by atoms with van der Waals surface area (Å²) in [6.07, 6.45) is 0.897. The highest BCUT2D eigenvalue weighted by Crippen LogP contribution is 2.27. The number of aromatic nitrogens is 2. The van der Waals surface area contributed by atoms with Crippen molar-refractivity contribution in [1.29, 1.82) is 0 Å². The van der Waals surface area contributed by atoms with Gasteiger partial charge < -0.3 is 5.32 Å². The number of carbonyl (C=O) groups is 1. The molecule has 5 heteroatoms. The predicted molar refractivity (Wildman–Crippen MR) is 93.6 cm³/mol. The Balaban J connectivity index is 1.85. The second-order valence-corrected chi connectivity index (χ2v) is 5.58. The van der Waals surface area contributed by atoms with E-state index in [4.69, 9.17) is 0 Å². The lowest BCUT2D eigenvalue weighted by Gasteiger charge is -2.05. The number of urea groups is 1. The number of carbonyl (C=O) groups excluding carboxylic acids is 1. The van der Waals surface area contributed by atoms with Crippen LogP contribution in [0.25, 0.3) is 22.0 Å². The van der Waals surface area contributed by atoms with E-state index in [0.29, 0.717) is 12.4 Å². The highest BCUT2D eigenvalue weighted by molar-refractivity contribution is 6.00. The lowest BCUT2D eigenvalue weighted by Crippen LogP contribution is -2.29. The first-order valence-electron chi connectivity index (χ1n) is 7.77. The standard InChI is InChI=1S/C18H20N4O/c1-3-10-19-18(23)20-17-15-9-8-14(11-16(15)21-22-17)13-6-4-12(2)5-7-13/h4-9,11H,3,10H2,1-2H3,(H3,19,20,21,22,23). The van der Waals surface area contributed by atoms with Crippen LogP contribution in [0, 0.1) is 6.92 Å². The second-order valence-electron chi connectivity index (χ2n) is 5.58. The molecular formula is C18H20N4O. The summed E-state index contributed by atoms with van der Waals surface area (Å²) in [5, 5.41) is 13.6. The molecule has 0 spiro atoms. The van der Waals surface area contributed by atoms with Crippen molar-refractivity contribution >= 4 is 22.8 Å². The molecule has 2 aromatic carbocycles. The van der Waals surface area contributed by atoms with Gasteiger partial charge >= 0.3 is 6.03 Å². The van der Waals surface area contributed by atoms with Crippen LogP contribution < -0.4 is 10.6 Å². The number of nitrogens with zero attached hydrogens (tertiary/aromatic N) is 1. The van der Waals surface area contributed by atoms with Gasteiger partial charge in [0.05, 0.1) is 5.52 Å². The Hall–Kier alpha value is -2.82. The number of hydrogen-bond acceptors (Lipinski definition) is 2. The van der Waals surface area contributed by atoms with Gasteiger partial charge in [-0.15, -0.1) is 0 Å². The van der Waals surface area contributed by atoms with Gasteiger partial charge in [0.25, 0.3) is 0 Å². The number of amides is 2. The lowest BCUT2D eigenvalue weighted by molar-refractivity contribution is 0.252. The minimum Gasteiger partial charge on any atom is -0.338 e. The molecule has 0 aliphatic rings. The Kier molecular flexibility index (Phi) is 4.28. The first-order chi connectivity index (χ1) is 11.2. The molecule has 118 valence electrons. The molecule has 0 aliphatic carbocycles. The van der Waals surface area contributed by atoms with Crippen LogP contribution in [-0.4, -0.2) is 22.8 Å². The molecule has 3 aromatic rings. The Bertz CT molecular complexity index is 821. The third-order valence-corrected chi connectivity index (χ3v) is 3.72. The second kappa shape index (κ2) is 6.52. The van der Waals surface area contributed by atoms with Crippen molar-refractivity contribution in [2.75, 3.05) is 11.9 Å². The first-order valence-corrected chi connectivity index (χ1v) is 7.77. The van der Waals surface area contributed by atoms with Crippen molar-refractivity contribution in [3.8, 4) is 11.1 Å². The smallest absolute Gasteiger partial charge is 0.320 e. The molecule has 5 nitrogen and oxygen atoms in total. The number of hydrogen-bond donors (Lipinski definition) is 3. The third-order valence-electron chi connectivity index (χ3n) is 3.72. The molecule has 0 fully saturated rings. The average molecular weight is 308 g/mol. The monoisotopic (exact) mass is 308 g/mol. The fraction of sp³-hybridized carbons (Fsp3) is 0.222. The van der Waals surface area contributed by atoms with E-state index in [1.54, 1.807) is 0 Å². The fourth-order valence-electron chi connectivity index (χ4n) is 2.43. The Labute approximate surface area is 135 Å². The number of benzene rings is 2. The summed E-state index contributed by atoms with van der Waals surface area (Å²) in [6, 6.07) is 14.2. The summed E-state index contributed by atoms with van der Waals surface area (Å²) < 4.78 is 0. The van der Waals surface area contributed by atoms with E-state index >= 15 is 0 Å². The van der Waals surface area contributed by atoms with Crippen molar-refractivity contribution in [2.45, 2.75) is 20.3 Å². The number of fused-ring (bicyclic) bond motifs is 1. The van der Waals surface area contributed by atoms with Gasteiger partial charge in [0, 0.05) is 11.9 Å². The summed E-state index contributed by atoms with van der Waals surface area (Å²) in [5.74, 6) is 0.545. The summed E-state index contributed by atoms with van der Waals surface area (Å²) in [6.45, 7) is 4.73. The van der Waals surface area contributed by atoms with E-state index in [0.717, 1.165) is 28.5 Å². The molecule has 2 amide bonds. The van der Waals surface area contributed by atoms with Crippen LogP contribution in [0.1, 0.15) is 18.9 Å². The van der Waals surface area contributed by atoms with E-state index in [-0.39, 0.29) is 6.03 Å². The van der Waals surface area contributed by atoms with Gasteiger partial charge in [0.2, 0.25) is 0 Å². The molecular weight excluding hydrogens is 288 g/mol. The number of H-pyrrole nitrogens is 1. The van der Waals surface area contributed by atoms with Gasteiger partial charge in [-0.3, -0.25) is 10.4 Å². The zero-order chi connectivity index (χ0) is 16.2. The van der Waals surface area contributed by atoms with Gasteiger partial charge in [0.15, 0.2) is 5.82 Å². The molecule has 1 heterocycles. The minimum absolute atomic E-state index is 0.233. The molecule has 0 saturated carbocycles. The van der Waals surface area contributed by atoms with E-state index < -0.39 is 0 Å². The van der Waals surface area contributed by atoms with Crippen molar-refractivity contribution in [3.63, 3.8) is 0 Å². The van der Waals surface area contributed by atoms with Gasteiger partial charge in [0.1, 0.15) is 0 Å². The molecule has 23 heavy (non-hydrogen) atoms. The van der Waals surface area contributed by atoms with E-state index in [1.165, 1.54) is 5.56 Å². The van der Waals surface area contributed by atoms with E-state index in [1.807, 2.05) is 25.1 Å². The molecule has 0 unspecified atom stereocenters. The Morgan fingerprint density at radius 2 is 1.87 bits per heavy atom. The molecule has 0 bridgehead atoms. The molecule has 0 atom stereocenters. The molecule has 1 aromatic heterocycles. The maximum atomic E-state index is 11.8. The Morgan fingerprint density at radius 1 is 1.13 bits per heavy atom. The Morgan fingerprint density at radius 3 is 2.61 bits per heavy atom. The molecule has 3 rings (SSSR count). The van der Waals surface area contributed by atoms with Crippen LogP contribution in [-0.2, 0) is 0 Å². The van der Waals surface area contributed by atoms with E-state index in [2.05, 4.69) is 52.0 Å². The van der Waals surface area contributed by atoms with Crippen molar-refractivity contribution in [1.82, 2.24) is 15.5 Å². The molecule has 3 N–H and O–H groups in total. The van der Waals surface area contributed by atoms with Crippen molar-refractivity contribution < 1.29 is 4.79 Å². The van der Waals surface area contributed by atoms with Crippen molar-refractivity contribution in [2.24, 2.45) is 0 Å². The highest BCUT2D eigenvalue weighted by atomic mass is 16.2. The largest absolute Gasteiger partial charge is 0.338 e. The summed E-state index contributed by atoms with van der Waals surface area (Å²) in [4.78, 5) is 11.8. The summed E-state index contributed by atoms with van der Waals surface area (Å²) >= 11 is 0. The normalized spacial score (nSPS) is 10.7. The van der Waals surface area contributed by atoms with E-state index in [9.17, 15) is 4.79 Å². The van der Waals surface area contributed by atoms with Gasteiger partial charge in [-0.25, -0.2) is 4.79 Å².